The number of nitrogens with one attached hydrogen (secondary N) is 1. The standard InChI is InChI=1S/C12H14N2O/c1-8-3-2-4-10-12(8)9(7-14-10)11(15)5-6-13/h2-4,7,14H,5-6,13H2,1H3. The number of carbonyl (C=O) groups is 1. The van der Waals surface area contributed by atoms with E-state index in [1.54, 1.807) is 6.20 Å². The van der Waals surface area contributed by atoms with Gasteiger partial charge in [0.15, 0.2) is 5.78 Å². The van der Waals surface area contributed by atoms with Crippen molar-refractivity contribution in [1.29, 1.82) is 0 Å². The van der Waals surface area contributed by atoms with Gasteiger partial charge in [0.2, 0.25) is 0 Å². The van der Waals surface area contributed by atoms with Gasteiger partial charge in [-0.3, -0.25) is 4.79 Å². The van der Waals surface area contributed by atoms with Gasteiger partial charge in [0, 0.05) is 29.1 Å². The lowest BCUT2D eigenvalue weighted by Gasteiger charge is -2.00. The van der Waals surface area contributed by atoms with E-state index in [0.29, 0.717) is 13.0 Å². The Bertz CT molecular complexity index is 499. The Kier molecular flexibility index (Phi) is 2.56. The average Bonchev–Trinajstić information content (AvgIpc) is 2.63. The van der Waals surface area contributed by atoms with Crippen molar-refractivity contribution in [2.45, 2.75) is 13.3 Å². The number of H-pyrrole nitrogens is 1. The van der Waals surface area contributed by atoms with Crippen LogP contribution in [0.25, 0.3) is 10.9 Å². The zero-order valence-corrected chi connectivity index (χ0v) is 8.71. The third kappa shape index (κ3) is 1.66. The number of carbonyl (C=O) groups excluding carboxylic acids is 1. The predicted molar refractivity (Wildman–Crippen MR) is 61.0 cm³/mol. The first-order chi connectivity index (χ1) is 7.24. The minimum atomic E-state index is 0.109. The van der Waals surface area contributed by atoms with Crippen molar-refractivity contribution >= 4 is 16.7 Å². The van der Waals surface area contributed by atoms with E-state index in [9.17, 15) is 4.79 Å². The summed E-state index contributed by atoms with van der Waals surface area (Å²) in [6.07, 6.45) is 2.18. The van der Waals surface area contributed by atoms with Gasteiger partial charge in [-0.2, -0.15) is 0 Å². The summed E-state index contributed by atoms with van der Waals surface area (Å²) in [5.41, 5.74) is 8.27. The second kappa shape index (κ2) is 3.87. The zero-order valence-electron chi connectivity index (χ0n) is 8.71. The van der Waals surface area contributed by atoms with Crippen LogP contribution in [-0.4, -0.2) is 17.3 Å². The van der Waals surface area contributed by atoms with Gasteiger partial charge in [-0.1, -0.05) is 12.1 Å². The number of aryl methyl sites for hydroxylation is 1. The number of aromatic nitrogens is 1. The largest absolute Gasteiger partial charge is 0.360 e. The highest BCUT2D eigenvalue weighted by atomic mass is 16.1. The van der Waals surface area contributed by atoms with Crippen molar-refractivity contribution in [2.24, 2.45) is 5.73 Å². The summed E-state index contributed by atoms with van der Waals surface area (Å²) in [4.78, 5) is 14.9. The van der Waals surface area contributed by atoms with Gasteiger partial charge in [0.1, 0.15) is 0 Å². The van der Waals surface area contributed by atoms with Gasteiger partial charge in [-0.05, 0) is 25.1 Å². The molecule has 0 spiro atoms. The molecule has 3 heteroatoms. The number of benzene rings is 1. The summed E-state index contributed by atoms with van der Waals surface area (Å²) in [5.74, 6) is 0.109. The number of ketones is 1. The van der Waals surface area contributed by atoms with E-state index in [1.165, 1.54) is 0 Å². The maximum absolute atomic E-state index is 11.8. The van der Waals surface area contributed by atoms with Gasteiger partial charge in [-0.15, -0.1) is 0 Å². The first-order valence-corrected chi connectivity index (χ1v) is 5.04. The molecule has 0 bridgehead atoms. The maximum atomic E-state index is 11.8. The van der Waals surface area contributed by atoms with E-state index in [1.807, 2.05) is 25.1 Å². The Morgan fingerprint density at radius 1 is 1.47 bits per heavy atom. The smallest absolute Gasteiger partial charge is 0.166 e. The van der Waals surface area contributed by atoms with Crippen LogP contribution in [0.4, 0.5) is 0 Å². The van der Waals surface area contributed by atoms with Crippen molar-refractivity contribution in [3.8, 4) is 0 Å². The second-order valence-electron chi connectivity index (χ2n) is 3.66. The lowest BCUT2D eigenvalue weighted by molar-refractivity contribution is 0.0987. The normalized spacial score (nSPS) is 10.8. The fourth-order valence-corrected chi connectivity index (χ4v) is 1.85. The third-order valence-corrected chi connectivity index (χ3v) is 2.59. The van der Waals surface area contributed by atoms with Crippen LogP contribution < -0.4 is 5.73 Å². The highest BCUT2D eigenvalue weighted by Gasteiger charge is 2.12. The van der Waals surface area contributed by atoms with Gasteiger partial charge in [0.25, 0.3) is 0 Å². The van der Waals surface area contributed by atoms with Crippen LogP contribution in [0.1, 0.15) is 22.3 Å². The van der Waals surface area contributed by atoms with Crippen molar-refractivity contribution < 1.29 is 4.79 Å². The minimum absolute atomic E-state index is 0.109. The first kappa shape index (κ1) is 9.93. The number of aromatic amines is 1. The van der Waals surface area contributed by atoms with Gasteiger partial charge < -0.3 is 10.7 Å². The Balaban J connectivity index is 2.57. The molecule has 0 amide bonds. The summed E-state index contributed by atoms with van der Waals surface area (Å²) in [5, 5.41) is 1.02. The van der Waals surface area contributed by atoms with E-state index in [2.05, 4.69) is 4.98 Å². The highest BCUT2D eigenvalue weighted by Crippen LogP contribution is 2.22. The second-order valence-corrected chi connectivity index (χ2v) is 3.66. The number of rotatable bonds is 3. The molecule has 2 rings (SSSR count). The van der Waals surface area contributed by atoms with Crippen LogP contribution >= 0.6 is 0 Å². The van der Waals surface area contributed by atoms with Gasteiger partial charge >= 0.3 is 0 Å². The topological polar surface area (TPSA) is 58.9 Å². The fraction of sp³-hybridized carbons (Fsp3) is 0.250. The van der Waals surface area contributed by atoms with Crippen molar-refractivity contribution in [1.82, 2.24) is 4.98 Å². The summed E-state index contributed by atoms with van der Waals surface area (Å²) < 4.78 is 0. The molecule has 0 radical (unpaired) electrons. The number of fused-ring (bicyclic) bond motifs is 1. The molecular formula is C12H14N2O. The molecular weight excluding hydrogens is 188 g/mol. The fourth-order valence-electron chi connectivity index (χ4n) is 1.85. The summed E-state index contributed by atoms with van der Waals surface area (Å²) >= 11 is 0. The Hall–Kier alpha value is -1.61. The molecule has 0 unspecified atom stereocenters. The minimum Gasteiger partial charge on any atom is -0.360 e. The molecule has 0 atom stereocenters. The van der Waals surface area contributed by atoms with Crippen molar-refractivity contribution in [3.63, 3.8) is 0 Å². The number of hydrogen-bond donors (Lipinski definition) is 2. The molecule has 0 aliphatic carbocycles. The molecule has 78 valence electrons. The molecule has 1 heterocycles. The number of nitrogens with two attached hydrogens (primary N) is 1. The molecule has 15 heavy (non-hydrogen) atoms. The van der Waals surface area contributed by atoms with E-state index < -0.39 is 0 Å². The van der Waals surface area contributed by atoms with Crippen LogP contribution in [0.15, 0.2) is 24.4 Å². The van der Waals surface area contributed by atoms with E-state index in [4.69, 9.17) is 5.73 Å². The Labute approximate surface area is 88.3 Å². The number of Topliss-reactive ketones (excluding diaryl/α,β-unsaturated/α-hetero) is 1. The average molecular weight is 202 g/mol. The van der Waals surface area contributed by atoms with Crippen molar-refractivity contribution in [2.75, 3.05) is 6.54 Å². The third-order valence-electron chi connectivity index (χ3n) is 2.59. The van der Waals surface area contributed by atoms with E-state index >= 15 is 0 Å². The molecule has 0 saturated heterocycles. The summed E-state index contributed by atoms with van der Waals surface area (Å²) in [6.45, 7) is 2.41. The lowest BCUT2D eigenvalue weighted by Crippen LogP contribution is -2.07. The SMILES string of the molecule is Cc1cccc2[nH]cc(C(=O)CCN)c12. The monoisotopic (exact) mass is 202 g/mol. The Morgan fingerprint density at radius 3 is 3.00 bits per heavy atom. The first-order valence-electron chi connectivity index (χ1n) is 5.04. The number of hydrogen-bond acceptors (Lipinski definition) is 2. The van der Waals surface area contributed by atoms with Crippen LogP contribution in [0, 0.1) is 6.92 Å². The molecule has 0 aliphatic rings. The molecule has 1 aromatic heterocycles. The molecule has 0 saturated carbocycles. The van der Waals surface area contributed by atoms with E-state index in [0.717, 1.165) is 22.0 Å². The van der Waals surface area contributed by atoms with Crippen molar-refractivity contribution in [3.05, 3.63) is 35.5 Å². The zero-order chi connectivity index (χ0) is 10.8. The maximum Gasteiger partial charge on any atom is 0.166 e. The highest BCUT2D eigenvalue weighted by molar-refractivity contribution is 6.08. The Morgan fingerprint density at radius 2 is 2.27 bits per heavy atom. The van der Waals surface area contributed by atoms with Crippen LogP contribution in [0.3, 0.4) is 0 Å². The quantitative estimate of drug-likeness (QED) is 0.748. The van der Waals surface area contributed by atoms with Gasteiger partial charge in [-0.25, -0.2) is 0 Å². The van der Waals surface area contributed by atoms with E-state index in [-0.39, 0.29) is 5.78 Å². The lowest BCUT2D eigenvalue weighted by atomic mass is 10.0. The van der Waals surface area contributed by atoms with Crippen LogP contribution in [-0.2, 0) is 0 Å². The molecule has 2 aromatic rings. The molecule has 0 fully saturated rings. The van der Waals surface area contributed by atoms with Crippen LogP contribution in [0.5, 0.6) is 0 Å². The molecule has 0 aliphatic heterocycles. The molecule has 3 N–H and O–H groups in total. The summed E-state index contributed by atoms with van der Waals surface area (Å²) in [7, 11) is 0. The van der Waals surface area contributed by atoms with Crippen LogP contribution in [0.2, 0.25) is 0 Å². The molecule has 3 nitrogen and oxygen atoms in total. The predicted octanol–water partition coefficient (Wildman–Crippen LogP) is 2.01. The van der Waals surface area contributed by atoms with Gasteiger partial charge in [0.05, 0.1) is 0 Å². The summed E-state index contributed by atoms with van der Waals surface area (Å²) in [6, 6.07) is 5.96. The molecule has 1 aromatic carbocycles.